The summed E-state index contributed by atoms with van der Waals surface area (Å²) in [7, 11) is 0. The van der Waals surface area contributed by atoms with Crippen molar-refractivity contribution in [3.05, 3.63) is 64.7 Å². The van der Waals surface area contributed by atoms with Crippen LogP contribution < -0.4 is 4.90 Å². The zero-order valence-electron chi connectivity index (χ0n) is 13.1. The van der Waals surface area contributed by atoms with E-state index in [0.717, 1.165) is 17.7 Å². The minimum Gasteiger partial charge on any atom is -0.271 e. The summed E-state index contributed by atoms with van der Waals surface area (Å²) in [6.07, 6.45) is 1.66. The van der Waals surface area contributed by atoms with Crippen molar-refractivity contribution in [1.29, 1.82) is 0 Å². The van der Waals surface area contributed by atoms with E-state index in [1.54, 1.807) is 30.3 Å². The van der Waals surface area contributed by atoms with Gasteiger partial charge in [0.05, 0.1) is 27.9 Å². The van der Waals surface area contributed by atoms with Gasteiger partial charge < -0.3 is 0 Å². The molecule has 0 N–H and O–H groups in total. The molecule has 0 aromatic heterocycles. The largest absolute Gasteiger partial charge is 0.271 e. The number of anilines is 1. The van der Waals surface area contributed by atoms with Crippen molar-refractivity contribution in [2.24, 2.45) is 0 Å². The van der Waals surface area contributed by atoms with Gasteiger partial charge in [0.1, 0.15) is 0 Å². The molecule has 25 heavy (non-hydrogen) atoms. The number of hydrogen-bond donors (Lipinski definition) is 0. The Morgan fingerprint density at radius 2 is 1.24 bits per heavy atom. The van der Waals surface area contributed by atoms with Crippen LogP contribution in [0.5, 0.6) is 0 Å². The van der Waals surface area contributed by atoms with Crippen LogP contribution in [0.4, 0.5) is 5.69 Å². The fourth-order valence-corrected chi connectivity index (χ4v) is 3.47. The van der Waals surface area contributed by atoms with E-state index >= 15 is 0 Å². The van der Waals surface area contributed by atoms with E-state index in [1.807, 2.05) is 0 Å². The Morgan fingerprint density at radius 1 is 0.680 bits per heavy atom. The molecule has 0 saturated heterocycles. The highest BCUT2D eigenvalue weighted by molar-refractivity contribution is 6.34. The highest BCUT2D eigenvalue weighted by Crippen LogP contribution is 2.37. The molecule has 2 aromatic rings. The normalized spacial score (nSPS) is 18.9. The van der Waals surface area contributed by atoms with E-state index in [1.165, 1.54) is 17.0 Å². The molecule has 2 heterocycles. The lowest BCUT2D eigenvalue weighted by Gasteiger charge is -2.14. The van der Waals surface area contributed by atoms with Crippen molar-refractivity contribution in [2.45, 2.75) is 18.9 Å². The topological polar surface area (TPSA) is 74.8 Å². The standard InChI is InChI=1S/C19H12N2O4/c22-16-12-3-1-2-4-13(12)17(23)21(16)11-7-8-14-15(9-11)19(25)20(18(14)24)10-5-6-10/h1-4,7-10H,5-6H2. The van der Waals surface area contributed by atoms with E-state index < -0.39 is 11.8 Å². The molecule has 5 rings (SSSR count). The molecule has 1 saturated carbocycles. The van der Waals surface area contributed by atoms with Crippen LogP contribution in [0.2, 0.25) is 0 Å². The summed E-state index contributed by atoms with van der Waals surface area (Å²) in [6.45, 7) is 0. The molecule has 0 bridgehead atoms. The van der Waals surface area contributed by atoms with Crippen LogP contribution in [0.25, 0.3) is 0 Å². The van der Waals surface area contributed by atoms with Gasteiger partial charge in [0.2, 0.25) is 0 Å². The first-order valence-electron chi connectivity index (χ1n) is 8.07. The van der Waals surface area contributed by atoms with Gasteiger partial charge >= 0.3 is 0 Å². The smallest absolute Gasteiger partial charge is 0.266 e. The number of carbonyl (C=O) groups is 4. The fraction of sp³-hybridized carbons (Fsp3) is 0.158. The summed E-state index contributed by atoms with van der Waals surface area (Å²) in [5, 5.41) is 0. The summed E-state index contributed by atoms with van der Waals surface area (Å²) >= 11 is 0. The number of benzene rings is 2. The highest BCUT2D eigenvalue weighted by atomic mass is 16.2. The molecule has 2 aliphatic heterocycles. The third-order valence-electron chi connectivity index (χ3n) is 4.87. The number of imide groups is 2. The Balaban J connectivity index is 1.58. The van der Waals surface area contributed by atoms with Crippen LogP contribution in [-0.2, 0) is 0 Å². The predicted octanol–water partition coefficient (Wildman–Crippen LogP) is 2.25. The molecule has 1 aliphatic carbocycles. The number of fused-ring (bicyclic) bond motifs is 2. The van der Waals surface area contributed by atoms with Gasteiger partial charge in [-0.2, -0.15) is 0 Å². The van der Waals surface area contributed by atoms with Crippen LogP contribution in [0, 0.1) is 0 Å². The van der Waals surface area contributed by atoms with Gasteiger partial charge in [0.15, 0.2) is 0 Å². The summed E-state index contributed by atoms with van der Waals surface area (Å²) in [6, 6.07) is 11.1. The third kappa shape index (κ3) is 1.79. The first-order valence-corrected chi connectivity index (χ1v) is 8.07. The average molecular weight is 332 g/mol. The maximum Gasteiger partial charge on any atom is 0.266 e. The quantitative estimate of drug-likeness (QED) is 0.791. The molecule has 122 valence electrons. The maximum absolute atomic E-state index is 12.6. The minimum atomic E-state index is -0.420. The van der Waals surface area contributed by atoms with Gasteiger partial charge in [-0.15, -0.1) is 0 Å². The Kier molecular flexibility index (Phi) is 2.61. The molecule has 6 nitrogen and oxygen atoms in total. The Morgan fingerprint density at radius 3 is 1.84 bits per heavy atom. The Bertz CT molecular complexity index is 971. The molecule has 6 heteroatoms. The molecule has 3 aliphatic rings. The monoisotopic (exact) mass is 332 g/mol. The van der Waals surface area contributed by atoms with Crippen molar-refractivity contribution in [1.82, 2.24) is 4.90 Å². The van der Waals surface area contributed by atoms with Crippen molar-refractivity contribution in [3.63, 3.8) is 0 Å². The van der Waals surface area contributed by atoms with Crippen LogP contribution >= 0.6 is 0 Å². The van der Waals surface area contributed by atoms with Crippen LogP contribution in [0.1, 0.15) is 54.3 Å². The van der Waals surface area contributed by atoms with Crippen LogP contribution in [0.3, 0.4) is 0 Å². The molecular weight excluding hydrogens is 320 g/mol. The maximum atomic E-state index is 12.6. The summed E-state index contributed by atoms with van der Waals surface area (Å²) in [5.41, 5.74) is 1.58. The van der Waals surface area contributed by atoms with Gasteiger partial charge in [-0.1, -0.05) is 12.1 Å². The first-order chi connectivity index (χ1) is 12.1. The Labute approximate surface area is 142 Å². The van der Waals surface area contributed by atoms with Gasteiger partial charge in [-0.05, 0) is 43.2 Å². The number of amides is 4. The second kappa shape index (κ2) is 4.63. The van der Waals surface area contributed by atoms with Gasteiger partial charge in [-0.25, -0.2) is 4.90 Å². The molecule has 0 radical (unpaired) electrons. The molecule has 4 amide bonds. The van der Waals surface area contributed by atoms with Crippen molar-refractivity contribution in [3.8, 4) is 0 Å². The zero-order valence-corrected chi connectivity index (χ0v) is 13.1. The number of nitrogens with zero attached hydrogens (tertiary/aromatic N) is 2. The highest BCUT2D eigenvalue weighted by Gasteiger charge is 2.45. The molecule has 1 fully saturated rings. The summed E-state index contributed by atoms with van der Waals surface area (Å²) in [5.74, 6) is -1.48. The summed E-state index contributed by atoms with van der Waals surface area (Å²) in [4.78, 5) is 52.4. The molecule has 2 aromatic carbocycles. The van der Waals surface area contributed by atoms with Gasteiger partial charge in [-0.3, -0.25) is 24.1 Å². The second-order valence-corrected chi connectivity index (χ2v) is 6.43. The average Bonchev–Trinajstić information content (AvgIpc) is 3.38. The van der Waals surface area contributed by atoms with Crippen molar-refractivity contribution >= 4 is 29.3 Å². The first kappa shape index (κ1) is 14.1. The van der Waals surface area contributed by atoms with E-state index in [-0.39, 0.29) is 23.4 Å². The van der Waals surface area contributed by atoms with Crippen molar-refractivity contribution in [2.75, 3.05) is 4.90 Å². The van der Waals surface area contributed by atoms with E-state index in [9.17, 15) is 19.2 Å². The molecule has 0 unspecified atom stereocenters. The molecular formula is C19H12N2O4. The number of hydrogen-bond acceptors (Lipinski definition) is 4. The second-order valence-electron chi connectivity index (χ2n) is 6.43. The lowest BCUT2D eigenvalue weighted by atomic mass is 10.1. The van der Waals surface area contributed by atoms with Gasteiger partial charge in [0.25, 0.3) is 23.6 Å². The number of carbonyl (C=O) groups excluding carboxylic acids is 4. The van der Waals surface area contributed by atoms with Crippen LogP contribution in [0.15, 0.2) is 42.5 Å². The predicted molar refractivity (Wildman–Crippen MR) is 87.5 cm³/mol. The van der Waals surface area contributed by atoms with E-state index in [4.69, 9.17) is 0 Å². The van der Waals surface area contributed by atoms with Gasteiger partial charge in [0, 0.05) is 6.04 Å². The SMILES string of the molecule is O=C1c2ccccc2C(=O)N1c1ccc2c(c1)C(=O)N(C1CC1)C2=O. The third-order valence-corrected chi connectivity index (χ3v) is 4.87. The van der Waals surface area contributed by atoms with E-state index in [2.05, 4.69) is 0 Å². The lowest BCUT2D eigenvalue weighted by molar-refractivity contribution is 0.0641. The summed E-state index contributed by atoms with van der Waals surface area (Å²) < 4.78 is 0. The lowest BCUT2D eigenvalue weighted by Crippen LogP contribution is -2.31. The van der Waals surface area contributed by atoms with E-state index in [0.29, 0.717) is 22.4 Å². The zero-order chi connectivity index (χ0) is 17.3. The number of rotatable bonds is 2. The fourth-order valence-electron chi connectivity index (χ4n) is 3.47. The molecule has 0 atom stereocenters. The Hall–Kier alpha value is -3.28. The molecule has 0 spiro atoms. The minimum absolute atomic E-state index is 0.0184. The van der Waals surface area contributed by atoms with Crippen molar-refractivity contribution < 1.29 is 19.2 Å². The van der Waals surface area contributed by atoms with Crippen LogP contribution in [-0.4, -0.2) is 34.6 Å².